The summed E-state index contributed by atoms with van der Waals surface area (Å²) in [4.78, 5) is 14.4. The van der Waals surface area contributed by atoms with E-state index in [1.165, 1.54) is 0 Å². The van der Waals surface area contributed by atoms with Crippen molar-refractivity contribution in [3.05, 3.63) is 34.9 Å². The summed E-state index contributed by atoms with van der Waals surface area (Å²) >= 11 is 5.85. The van der Waals surface area contributed by atoms with Crippen LogP contribution in [0.5, 0.6) is 0 Å². The van der Waals surface area contributed by atoms with Crippen molar-refractivity contribution in [2.75, 3.05) is 19.6 Å². The van der Waals surface area contributed by atoms with E-state index in [1.807, 2.05) is 11.8 Å². The molecule has 0 bridgehead atoms. The van der Waals surface area contributed by atoms with Crippen molar-refractivity contribution in [1.82, 2.24) is 10.2 Å². The van der Waals surface area contributed by atoms with Crippen molar-refractivity contribution in [2.45, 2.75) is 25.8 Å². The van der Waals surface area contributed by atoms with E-state index in [0.29, 0.717) is 11.1 Å². The van der Waals surface area contributed by atoms with Gasteiger partial charge >= 0.3 is 0 Å². The fourth-order valence-corrected chi connectivity index (χ4v) is 2.57. The second-order valence-corrected chi connectivity index (χ2v) is 5.02. The van der Waals surface area contributed by atoms with Gasteiger partial charge in [0.1, 0.15) is 0 Å². The lowest BCUT2D eigenvalue weighted by molar-refractivity contribution is 0.0656. The lowest BCUT2D eigenvalue weighted by atomic mass is 10.0. The molecule has 0 saturated carbocycles. The van der Waals surface area contributed by atoms with Gasteiger partial charge in [-0.05, 0) is 57.1 Å². The Bertz CT molecular complexity index is 399. The molecular formula is C14H19ClN2O. The third-order valence-corrected chi connectivity index (χ3v) is 3.69. The molecule has 18 heavy (non-hydrogen) atoms. The maximum atomic E-state index is 12.4. The largest absolute Gasteiger partial charge is 0.336 e. The van der Waals surface area contributed by atoms with Crippen LogP contribution < -0.4 is 5.32 Å². The molecule has 0 aromatic heterocycles. The lowest BCUT2D eigenvalue weighted by Gasteiger charge is -2.34. The number of hydrogen-bond acceptors (Lipinski definition) is 2. The molecule has 1 aromatic carbocycles. The Hall–Kier alpha value is -1.06. The van der Waals surface area contributed by atoms with Gasteiger partial charge in [0.25, 0.3) is 5.91 Å². The van der Waals surface area contributed by atoms with Gasteiger partial charge in [-0.2, -0.15) is 0 Å². The number of halogens is 1. The quantitative estimate of drug-likeness (QED) is 0.912. The highest BCUT2D eigenvalue weighted by Crippen LogP contribution is 2.17. The van der Waals surface area contributed by atoms with Gasteiger partial charge in [-0.3, -0.25) is 4.79 Å². The number of amides is 1. The molecule has 1 heterocycles. The van der Waals surface area contributed by atoms with Gasteiger partial charge in [0.15, 0.2) is 0 Å². The SMILES string of the molecule is CCN(C(=O)c1ccc(Cl)cc1)C1CCNCC1. The van der Waals surface area contributed by atoms with Crippen LogP contribution in [0.2, 0.25) is 5.02 Å². The van der Waals surface area contributed by atoms with Crippen molar-refractivity contribution < 1.29 is 4.79 Å². The van der Waals surface area contributed by atoms with Crippen LogP contribution in [-0.2, 0) is 0 Å². The Kier molecular flexibility index (Phi) is 4.61. The van der Waals surface area contributed by atoms with Crippen LogP contribution in [0.25, 0.3) is 0 Å². The third-order valence-electron chi connectivity index (χ3n) is 3.44. The number of carbonyl (C=O) groups excluding carboxylic acids is 1. The Balaban J connectivity index is 2.11. The van der Waals surface area contributed by atoms with E-state index < -0.39 is 0 Å². The molecule has 3 nitrogen and oxygen atoms in total. The molecule has 1 N–H and O–H groups in total. The topological polar surface area (TPSA) is 32.3 Å². The summed E-state index contributed by atoms with van der Waals surface area (Å²) < 4.78 is 0. The molecule has 0 radical (unpaired) electrons. The van der Waals surface area contributed by atoms with E-state index in [2.05, 4.69) is 5.32 Å². The molecule has 0 unspecified atom stereocenters. The molecule has 0 aliphatic carbocycles. The van der Waals surface area contributed by atoms with Crippen molar-refractivity contribution in [1.29, 1.82) is 0 Å². The van der Waals surface area contributed by atoms with Crippen molar-refractivity contribution >= 4 is 17.5 Å². The van der Waals surface area contributed by atoms with Crippen molar-refractivity contribution in [2.24, 2.45) is 0 Å². The van der Waals surface area contributed by atoms with Crippen LogP contribution in [0.15, 0.2) is 24.3 Å². The summed E-state index contributed by atoms with van der Waals surface area (Å²) in [5, 5.41) is 3.99. The van der Waals surface area contributed by atoms with E-state index in [9.17, 15) is 4.79 Å². The van der Waals surface area contributed by atoms with Crippen molar-refractivity contribution in [3.8, 4) is 0 Å². The molecule has 0 spiro atoms. The molecule has 1 aliphatic heterocycles. The highest BCUT2D eigenvalue weighted by Gasteiger charge is 2.24. The van der Waals surface area contributed by atoms with Crippen molar-refractivity contribution in [3.63, 3.8) is 0 Å². The third kappa shape index (κ3) is 3.03. The monoisotopic (exact) mass is 266 g/mol. The first kappa shape index (κ1) is 13.4. The summed E-state index contributed by atoms with van der Waals surface area (Å²) in [5.41, 5.74) is 0.722. The van der Waals surface area contributed by atoms with Gasteiger partial charge in [0.05, 0.1) is 0 Å². The van der Waals surface area contributed by atoms with Crippen LogP contribution in [0.1, 0.15) is 30.1 Å². The molecule has 4 heteroatoms. The average Bonchev–Trinajstić information content (AvgIpc) is 2.41. The number of piperidine rings is 1. The highest BCUT2D eigenvalue weighted by atomic mass is 35.5. The number of nitrogens with one attached hydrogen (secondary N) is 1. The van der Waals surface area contributed by atoms with Gasteiger partial charge < -0.3 is 10.2 Å². The number of rotatable bonds is 3. The van der Waals surface area contributed by atoms with Gasteiger partial charge in [-0.25, -0.2) is 0 Å². The summed E-state index contributed by atoms with van der Waals surface area (Å²) in [6.45, 7) is 4.78. The predicted molar refractivity (Wildman–Crippen MR) is 74.1 cm³/mol. The lowest BCUT2D eigenvalue weighted by Crippen LogP contribution is -2.46. The molecule has 0 atom stereocenters. The van der Waals surface area contributed by atoms with Crippen LogP contribution in [0, 0.1) is 0 Å². The molecule has 1 amide bonds. The van der Waals surface area contributed by atoms with E-state index >= 15 is 0 Å². The molecule has 1 aromatic rings. The molecule has 1 saturated heterocycles. The van der Waals surface area contributed by atoms with Gasteiger partial charge in [-0.15, -0.1) is 0 Å². The fourth-order valence-electron chi connectivity index (χ4n) is 2.44. The van der Waals surface area contributed by atoms with Crippen LogP contribution >= 0.6 is 11.6 Å². The zero-order valence-corrected chi connectivity index (χ0v) is 11.4. The predicted octanol–water partition coefficient (Wildman–Crippen LogP) is 2.55. The number of nitrogens with zero attached hydrogens (tertiary/aromatic N) is 1. The first-order valence-electron chi connectivity index (χ1n) is 6.49. The maximum absolute atomic E-state index is 12.4. The fraction of sp³-hybridized carbons (Fsp3) is 0.500. The highest BCUT2D eigenvalue weighted by molar-refractivity contribution is 6.30. The molecule has 1 fully saturated rings. The van der Waals surface area contributed by atoms with Gasteiger partial charge in [-0.1, -0.05) is 11.6 Å². The van der Waals surface area contributed by atoms with Gasteiger partial charge in [0.2, 0.25) is 0 Å². The maximum Gasteiger partial charge on any atom is 0.254 e. The van der Waals surface area contributed by atoms with Crippen LogP contribution in [-0.4, -0.2) is 36.5 Å². The number of carbonyl (C=O) groups is 1. The van der Waals surface area contributed by atoms with Gasteiger partial charge in [0, 0.05) is 23.2 Å². The standard InChI is InChI=1S/C14H19ClN2O/c1-2-17(13-7-9-16-10-8-13)14(18)11-3-5-12(15)6-4-11/h3-6,13,16H,2,7-10H2,1H3. The second-order valence-electron chi connectivity index (χ2n) is 4.58. The van der Waals surface area contributed by atoms with Crippen LogP contribution in [0.3, 0.4) is 0 Å². The summed E-state index contributed by atoms with van der Waals surface area (Å²) in [6, 6.07) is 7.50. The Morgan fingerprint density at radius 2 is 1.94 bits per heavy atom. The Labute approximate surface area is 113 Å². The Morgan fingerprint density at radius 3 is 2.50 bits per heavy atom. The second kappa shape index (κ2) is 6.21. The summed E-state index contributed by atoms with van der Waals surface area (Å²) in [5.74, 6) is 0.112. The average molecular weight is 267 g/mol. The zero-order chi connectivity index (χ0) is 13.0. The van der Waals surface area contributed by atoms with E-state index in [0.717, 1.165) is 38.0 Å². The normalized spacial score (nSPS) is 16.6. The minimum Gasteiger partial charge on any atom is -0.336 e. The van der Waals surface area contributed by atoms with E-state index in [-0.39, 0.29) is 5.91 Å². The molecule has 98 valence electrons. The molecular weight excluding hydrogens is 248 g/mol. The van der Waals surface area contributed by atoms with E-state index in [4.69, 9.17) is 11.6 Å². The zero-order valence-electron chi connectivity index (χ0n) is 10.7. The smallest absolute Gasteiger partial charge is 0.254 e. The van der Waals surface area contributed by atoms with Crippen LogP contribution in [0.4, 0.5) is 0 Å². The first-order chi connectivity index (χ1) is 8.72. The molecule has 2 rings (SSSR count). The minimum atomic E-state index is 0.112. The Morgan fingerprint density at radius 1 is 1.33 bits per heavy atom. The summed E-state index contributed by atoms with van der Waals surface area (Å²) in [7, 11) is 0. The first-order valence-corrected chi connectivity index (χ1v) is 6.87. The van der Waals surface area contributed by atoms with E-state index in [1.54, 1.807) is 24.3 Å². The number of benzene rings is 1. The summed E-state index contributed by atoms with van der Waals surface area (Å²) in [6.07, 6.45) is 2.07. The number of hydrogen-bond donors (Lipinski definition) is 1. The minimum absolute atomic E-state index is 0.112. The molecule has 1 aliphatic rings.